The highest BCUT2D eigenvalue weighted by Crippen LogP contribution is 1.99. The predicted octanol–water partition coefficient (Wildman–Crippen LogP) is 1.15. The van der Waals surface area contributed by atoms with Gasteiger partial charge in [0.1, 0.15) is 0 Å². The minimum atomic E-state index is 0.284. The van der Waals surface area contributed by atoms with Gasteiger partial charge in [-0.05, 0) is 6.42 Å². The average Bonchev–Trinajstić information content (AvgIpc) is 1.35. The van der Waals surface area contributed by atoms with Crippen LogP contribution in [0.4, 0.5) is 0 Å². The molecule has 1 nitrogen and oxygen atoms in total. The number of halogens is 1. The van der Waals surface area contributed by atoms with Crippen LogP contribution in [0.25, 0.3) is 0 Å². The van der Waals surface area contributed by atoms with E-state index in [1.165, 1.54) is 0 Å². The van der Waals surface area contributed by atoms with Crippen molar-refractivity contribution in [1.29, 1.82) is 0 Å². The van der Waals surface area contributed by atoms with Crippen LogP contribution in [0.1, 0.15) is 13.3 Å². The fourth-order valence-electron chi connectivity index (χ4n) is 0.178. The molecule has 0 aliphatic carbocycles. The largest absolute Gasteiger partial charge is 0.396 e. The number of hydrogen-bond donors (Lipinski definition) is 1. The first-order valence-electron chi connectivity index (χ1n) is 2.02. The third-order valence-electron chi connectivity index (χ3n) is 0.527. The van der Waals surface area contributed by atoms with Crippen LogP contribution < -0.4 is 0 Å². The minimum absolute atomic E-state index is 0.284. The molecule has 0 saturated carbocycles. The Balaban J connectivity index is 2.63. The molecule has 0 aliphatic rings. The summed E-state index contributed by atoms with van der Waals surface area (Å²) < 4.78 is 0. The van der Waals surface area contributed by atoms with Gasteiger partial charge < -0.3 is 5.11 Å². The number of aliphatic hydroxyl groups excluding tert-OH is 1. The summed E-state index contributed by atoms with van der Waals surface area (Å²) in [4.78, 5) is 0.461. The molecule has 38 valence electrons. The molecule has 0 bridgehead atoms. The number of rotatable bonds is 2. The molecular weight excluding hydrogens is 144 g/mol. The molecule has 0 aromatic carbocycles. The van der Waals surface area contributed by atoms with Gasteiger partial charge in [0.2, 0.25) is 0 Å². The maximum atomic E-state index is 8.21. The van der Waals surface area contributed by atoms with Crippen LogP contribution in [-0.2, 0) is 0 Å². The molecule has 0 saturated heterocycles. The molecule has 1 atom stereocenters. The van der Waals surface area contributed by atoms with E-state index in [1.54, 1.807) is 0 Å². The Bertz CT molecular complexity index is 28.7. The van der Waals surface area contributed by atoms with Crippen molar-refractivity contribution in [3.05, 3.63) is 0 Å². The monoisotopic (exact) mass is 152 g/mol. The SMILES string of the molecule is C[C@H](Br)CCO. The van der Waals surface area contributed by atoms with E-state index in [0.29, 0.717) is 4.83 Å². The van der Waals surface area contributed by atoms with Crippen LogP contribution >= 0.6 is 15.9 Å². The summed E-state index contributed by atoms with van der Waals surface area (Å²) in [6.45, 7) is 2.29. The van der Waals surface area contributed by atoms with Crippen molar-refractivity contribution < 1.29 is 5.11 Å². The summed E-state index contributed by atoms with van der Waals surface area (Å²) in [7, 11) is 0. The van der Waals surface area contributed by atoms with E-state index >= 15 is 0 Å². The van der Waals surface area contributed by atoms with Gasteiger partial charge in [-0.1, -0.05) is 22.9 Å². The summed E-state index contributed by atoms with van der Waals surface area (Å²) in [6.07, 6.45) is 0.847. The molecular formula is C4H9BrO. The molecule has 0 rings (SSSR count). The lowest BCUT2D eigenvalue weighted by molar-refractivity contribution is 0.289. The fraction of sp³-hybridized carbons (Fsp3) is 1.00. The van der Waals surface area contributed by atoms with E-state index in [9.17, 15) is 0 Å². The minimum Gasteiger partial charge on any atom is -0.396 e. The zero-order valence-electron chi connectivity index (χ0n) is 3.82. The molecule has 0 unspecified atom stereocenters. The standard InChI is InChI=1S/C4H9BrO/c1-4(5)2-3-6/h4,6H,2-3H2,1H3/t4-/m0/s1. The molecule has 0 radical (unpaired) electrons. The van der Waals surface area contributed by atoms with Crippen LogP contribution in [0.5, 0.6) is 0 Å². The van der Waals surface area contributed by atoms with Gasteiger partial charge in [0.25, 0.3) is 0 Å². The van der Waals surface area contributed by atoms with Crippen LogP contribution in [-0.4, -0.2) is 16.5 Å². The predicted molar refractivity (Wildman–Crippen MR) is 30.1 cm³/mol. The maximum absolute atomic E-state index is 8.21. The quantitative estimate of drug-likeness (QED) is 0.590. The van der Waals surface area contributed by atoms with Gasteiger partial charge in [-0.2, -0.15) is 0 Å². The van der Waals surface area contributed by atoms with Crippen molar-refractivity contribution in [2.75, 3.05) is 6.61 Å². The Morgan fingerprint density at radius 2 is 2.33 bits per heavy atom. The van der Waals surface area contributed by atoms with Gasteiger partial charge in [0.15, 0.2) is 0 Å². The van der Waals surface area contributed by atoms with Gasteiger partial charge in [-0.15, -0.1) is 0 Å². The molecule has 0 aromatic heterocycles. The summed E-state index contributed by atoms with van der Waals surface area (Å²) >= 11 is 3.27. The highest BCUT2D eigenvalue weighted by atomic mass is 79.9. The summed E-state index contributed by atoms with van der Waals surface area (Å²) in [6, 6.07) is 0. The average molecular weight is 153 g/mol. The van der Waals surface area contributed by atoms with E-state index < -0.39 is 0 Å². The van der Waals surface area contributed by atoms with E-state index in [0.717, 1.165) is 6.42 Å². The lowest BCUT2D eigenvalue weighted by Crippen LogP contribution is -1.92. The van der Waals surface area contributed by atoms with Gasteiger partial charge in [0.05, 0.1) is 0 Å². The second kappa shape index (κ2) is 3.62. The molecule has 2 heteroatoms. The van der Waals surface area contributed by atoms with Gasteiger partial charge in [-0.25, -0.2) is 0 Å². The molecule has 0 aliphatic heterocycles. The molecule has 0 heterocycles. The summed E-state index contributed by atoms with van der Waals surface area (Å²) in [5.74, 6) is 0. The van der Waals surface area contributed by atoms with Crippen LogP contribution in [0.15, 0.2) is 0 Å². The summed E-state index contributed by atoms with van der Waals surface area (Å²) in [5, 5.41) is 8.21. The molecule has 1 N–H and O–H groups in total. The number of hydrogen-bond acceptors (Lipinski definition) is 1. The van der Waals surface area contributed by atoms with E-state index in [2.05, 4.69) is 15.9 Å². The van der Waals surface area contributed by atoms with Crippen LogP contribution in [0, 0.1) is 0 Å². The third kappa shape index (κ3) is 4.44. The van der Waals surface area contributed by atoms with E-state index in [4.69, 9.17) is 5.11 Å². The second-order valence-electron chi connectivity index (χ2n) is 1.29. The van der Waals surface area contributed by atoms with Crippen molar-refractivity contribution in [3.63, 3.8) is 0 Å². The molecule has 0 fully saturated rings. The first-order valence-corrected chi connectivity index (χ1v) is 2.94. The van der Waals surface area contributed by atoms with Crippen molar-refractivity contribution in [2.24, 2.45) is 0 Å². The zero-order valence-corrected chi connectivity index (χ0v) is 5.40. The van der Waals surface area contributed by atoms with Gasteiger partial charge >= 0.3 is 0 Å². The second-order valence-corrected chi connectivity index (χ2v) is 2.86. The normalized spacial score (nSPS) is 14.5. The zero-order chi connectivity index (χ0) is 4.99. The smallest absolute Gasteiger partial charge is 0.0441 e. The molecule has 0 aromatic rings. The Labute approximate surface area is 46.5 Å². The topological polar surface area (TPSA) is 20.2 Å². The third-order valence-corrected chi connectivity index (χ3v) is 0.985. The Morgan fingerprint density at radius 3 is 2.33 bits per heavy atom. The van der Waals surface area contributed by atoms with Gasteiger partial charge in [-0.3, -0.25) is 0 Å². The number of aliphatic hydroxyl groups is 1. The van der Waals surface area contributed by atoms with Crippen molar-refractivity contribution in [2.45, 2.75) is 18.2 Å². The van der Waals surface area contributed by atoms with Crippen molar-refractivity contribution >= 4 is 15.9 Å². The molecule has 6 heavy (non-hydrogen) atoms. The highest BCUT2D eigenvalue weighted by Gasteiger charge is 1.88. The van der Waals surface area contributed by atoms with Crippen molar-refractivity contribution in [3.8, 4) is 0 Å². The first kappa shape index (κ1) is 6.44. The molecule has 0 amide bonds. The first-order chi connectivity index (χ1) is 2.77. The molecule has 0 spiro atoms. The highest BCUT2D eigenvalue weighted by molar-refractivity contribution is 9.09. The Hall–Kier alpha value is 0.440. The lowest BCUT2D eigenvalue weighted by Gasteiger charge is -1.93. The maximum Gasteiger partial charge on any atom is 0.0441 e. The van der Waals surface area contributed by atoms with Crippen LogP contribution in [0.2, 0.25) is 0 Å². The number of alkyl halides is 1. The van der Waals surface area contributed by atoms with Gasteiger partial charge in [0, 0.05) is 11.4 Å². The lowest BCUT2D eigenvalue weighted by atomic mass is 10.4. The fourth-order valence-corrected chi connectivity index (χ4v) is 0.383. The van der Waals surface area contributed by atoms with E-state index in [1.807, 2.05) is 6.92 Å². The van der Waals surface area contributed by atoms with E-state index in [-0.39, 0.29) is 6.61 Å². The van der Waals surface area contributed by atoms with Crippen molar-refractivity contribution in [1.82, 2.24) is 0 Å². The Morgan fingerprint density at radius 1 is 1.83 bits per heavy atom. The summed E-state index contributed by atoms with van der Waals surface area (Å²) in [5.41, 5.74) is 0. The Kier molecular flexibility index (Phi) is 3.89. The van der Waals surface area contributed by atoms with Crippen LogP contribution in [0.3, 0.4) is 0 Å².